The first kappa shape index (κ1) is 29.2. The third-order valence-electron chi connectivity index (χ3n) is 7.23. The Morgan fingerprint density at radius 1 is 0.925 bits per heavy atom. The number of carbonyl (C=O) groups is 2. The maximum Gasteiger partial charge on any atom is 0.322 e. The summed E-state index contributed by atoms with van der Waals surface area (Å²) in [5.74, 6) is 0.199. The standard InChI is InChI=1S/C33H39ClN4O2/c1-5-25(4)38(33(40)35-31-18-10-14-26-12-6-8-16-29(26)31)23-32(39)37(20-24(2)3)22-28-15-11-19-36(28)21-27-13-7-9-17-30(27)34/h6-19,24-25H,5,20-23H2,1-4H3,(H,35,40). The zero-order valence-corrected chi connectivity index (χ0v) is 24.6. The van der Waals surface area contributed by atoms with Crippen LogP contribution in [0.5, 0.6) is 0 Å². The Labute approximate surface area is 242 Å². The molecule has 3 amide bonds. The van der Waals surface area contributed by atoms with Gasteiger partial charge in [-0.05, 0) is 54.5 Å². The predicted octanol–water partition coefficient (Wildman–Crippen LogP) is 7.66. The van der Waals surface area contributed by atoms with Gasteiger partial charge in [0.15, 0.2) is 0 Å². The van der Waals surface area contributed by atoms with E-state index in [2.05, 4.69) is 23.7 Å². The van der Waals surface area contributed by atoms with Crippen LogP contribution in [0.1, 0.15) is 45.4 Å². The first-order valence-electron chi connectivity index (χ1n) is 14.0. The number of anilines is 1. The highest BCUT2D eigenvalue weighted by Gasteiger charge is 2.26. The van der Waals surface area contributed by atoms with E-state index in [1.54, 1.807) is 4.90 Å². The Hall–Kier alpha value is -3.77. The number of aromatic nitrogens is 1. The lowest BCUT2D eigenvalue weighted by atomic mass is 10.1. The smallest absolute Gasteiger partial charge is 0.322 e. The molecule has 1 atom stereocenters. The van der Waals surface area contributed by atoms with Crippen LogP contribution in [0, 0.1) is 5.92 Å². The minimum Gasteiger partial charge on any atom is -0.345 e. The van der Waals surface area contributed by atoms with Crippen LogP contribution >= 0.6 is 11.6 Å². The average molecular weight is 559 g/mol. The number of fused-ring (bicyclic) bond motifs is 1. The van der Waals surface area contributed by atoms with E-state index >= 15 is 0 Å². The van der Waals surface area contributed by atoms with Gasteiger partial charge >= 0.3 is 6.03 Å². The van der Waals surface area contributed by atoms with Crippen molar-refractivity contribution < 1.29 is 9.59 Å². The number of hydrogen-bond acceptors (Lipinski definition) is 2. The molecule has 1 heterocycles. The number of nitrogens with zero attached hydrogens (tertiary/aromatic N) is 3. The van der Waals surface area contributed by atoms with Crippen LogP contribution in [-0.4, -0.2) is 45.4 Å². The van der Waals surface area contributed by atoms with E-state index in [0.29, 0.717) is 19.6 Å². The van der Waals surface area contributed by atoms with Gasteiger partial charge in [0.25, 0.3) is 0 Å². The molecule has 7 heteroatoms. The molecule has 0 saturated carbocycles. The maximum absolute atomic E-state index is 13.8. The van der Waals surface area contributed by atoms with E-state index in [1.165, 1.54) is 0 Å². The molecule has 210 valence electrons. The first-order chi connectivity index (χ1) is 19.3. The van der Waals surface area contributed by atoms with Gasteiger partial charge in [-0.2, -0.15) is 0 Å². The van der Waals surface area contributed by atoms with Crippen molar-refractivity contribution in [3.8, 4) is 0 Å². The van der Waals surface area contributed by atoms with Crippen molar-refractivity contribution in [3.05, 3.63) is 101 Å². The van der Waals surface area contributed by atoms with E-state index in [4.69, 9.17) is 11.6 Å². The minimum atomic E-state index is -0.273. The van der Waals surface area contributed by atoms with Gasteiger partial charge in [-0.25, -0.2) is 4.79 Å². The fourth-order valence-electron chi connectivity index (χ4n) is 4.86. The molecule has 1 aromatic heterocycles. The molecule has 0 aliphatic heterocycles. The Morgan fingerprint density at radius 2 is 1.65 bits per heavy atom. The lowest BCUT2D eigenvalue weighted by Crippen LogP contribution is -2.48. The third-order valence-corrected chi connectivity index (χ3v) is 7.60. The second-order valence-electron chi connectivity index (χ2n) is 10.7. The number of urea groups is 1. The lowest BCUT2D eigenvalue weighted by Gasteiger charge is -2.32. The van der Waals surface area contributed by atoms with Crippen molar-refractivity contribution in [2.75, 3.05) is 18.4 Å². The van der Waals surface area contributed by atoms with Crippen molar-refractivity contribution in [2.45, 2.75) is 53.2 Å². The van der Waals surface area contributed by atoms with Crippen LogP contribution in [0.25, 0.3) is 10.8 Å². The van der Waals surface area contributed by atoms with Gasteiger partial charge in [0.2, 0.25) is 5.91 Å². The van der Waals surface area contributed by atoms with Crippen LogP contribution < -0.4 is 5.32 Å². The summed E-state index contributed by atoms with van der Waals surface area (Å²) in [6.07, 6.45) is 2.75. The molecule has 0 bridgehead atoms. The van der Waals surface area contributed by atoms with Crippen LogP contribution in [0.2, 0.25) is 5.02 Å². The van der Waals surface area contributed by atoms with Crippen molar-refractivity contribution in [3.63, 3.8) is 0 Å². The number of carbonyl (C=O) groups excluding carboxylic acids is 2. The molecular weight excluding hydrogens is 520 g/mol. The molecule has 3 aromatic carbocycles. The lowest BCUT2D eigenvalue weighted by molar-refractivity contribution is -0.133. The van der Waals surface area contributed by atoms with Crippen LogP contribution in [0.3, 0.4) is 0 Å². The van der Waals surface area contributed by atoms with Crippen LogP contribution in [-0.2, 0) is 17.9 Å². The number of hydrogen-bond donors (Lipinski definition) is 1. The average Bonchev–Trinajstić information content (AvgIpc) is 3.38. The molecule has 0 aliphatic rings. The number of nitrogens with one attached hydrogen (secondary N) is 1. The molecule has 0 radical (unpaired) electrons. The normalized spacial score (nSPS) is 11.9. The van der Waals surface area contributed by atoms with E-state index < -0.39 is 0 Å². The van der Waals surface area contributed by atoms with E-state index in [0.717, 1.165) is 39.2 Å². The minimum absolute atomic E-state index is 0.00352. The Morgan fingerprint density at radius 3 is 2.40 bits per heavy atom. The van der Waals surface area contributed by atoms with Gasteiger partial charge in [0, 0.05) is 41.4 Å². The SMILES string of the molecule is CCC(C)N(CC(=O)N(Cc1cccn1Cc1ccccc1Cl)CC(C)C)C(=O)Nc1cccc2ccccc12. The molecular formula is C33H39ClN4O2. The fraction of sp³-hybridized carbons (Fsp3) is 0.333. The largest absolute Gasteiger partial charge is 0.345 e. The van der Waals surface area contributed by atoms with Gasteiger partial charge < -0.3 is 19.7 Å². The van der Waals surface area contributed by atoms with Crippen molar-refractivity contribution in [2.24, 2.45) is 5.92 Å². The Balaban J connectivity index is 1.52. The topological polar surface area (TPSA) is 57.6 Å². The second-order valence-corrected chi connectivity index (χ2v) is 11.1. The van der Waals surface area contributed by atoms with Crippen molar-refractivity contribution >= 4 is 40.0 Å². The molecule has 0 spiro atoms. The van der Waals surface area contributed by atoms with Crippen LogP contribution in [0.4, 0.5) is 10.5 Å². The molecule has 1 unspecified atom stereocenters. The van der Waals surface area contributed by atoms with E-state index in [9.17, 15) is 9.59 Å². The zero-order chi connectivity index (χ0) is 28.6. The summed E-state index contributed by atoms with van der Waals surface area (Å²) in [5, 5.41) is 5.81. The highest BCUT2D eigenvalue weighted by Crippen LogP contribution is 2.24. The number of halogens is 1. The van der Waals surface area contributed by atoms with Gasteiger partial charge in [-0.1, -0.05) is 87.0 Å². The highest BCUT2D eigenvalue weighted by atomic mass is 35.5. The number of benzene rings is 3. The fourth-order valence-corrected chi connectivity index (χ4v) is 5.06. The predicted molar refractivity (Wildman–Crippen MR) is 165 cm³/mol. The summed E-state index contributed by atoms with van der Waals surface area (Å²) < 4.78 is 2.13. The van der Waals surface area contributed by atoms with E-state index in [1.807, 2.05) is 104 Å². The van der Waals surface area contributed by atoms with Gasteiger partial charge in [-0.15, -0.1) is 0 Å². The number of rotatable bonds is 11. The monoisotopic (exact) mass is 558 g/mol. The summed E-state index contributed by atoms with van der Waals surface area (Å²) in [6.45, 7) is 9.88. The maximum atomic E-state index is 13.8. The molecule has 1 N–H and O–H groups in total. The number of amides is 3. The third kappa shape index (κ3) is 7.24. The quantitative estimate of drug-likeness (QED) is 0.205. The summed E-state index contributed by atoms with van der Waals surface area (Å²) >= 11 is 6.42. The van der Waals surface area contributed by atoms with Crippen molar-refractivity contribution in [1.29, 1.82) is 0 Å². The summed E-state index contributed by atoms with van der Waals surface area (Å²) in [4.78, 5) is 30.9. The van der Waals surface area contributed by atoms with Crippen LogP contribution in [0.15, 0.2) is 85.1 Å². The first-order valence-corrected chi connectivity index (χ1v) is 14.3. The van der Waals surface area contributed by atoms with Gasteiger partial charge in [0.1, 0.15) is 6.54 Å². The highest BCUT2D eigenvalue weighted by molar-refractivity contribution is 6.31. The molecule has 40 heavy (non-hydrogen) atoms. The molecule has 0 saturated heterocycles. The zero-order valence-electron chi connectivity index (χ0n) is 23.8. The molecule has 4 aromatic rings. The molecule has 6 nitrogen and oxygen atoms in total. The Bertz CT molecular complexity index is 1440. The van der Waals surface area contributed by atoms with Gasteiger partial charge in [0.05, 0.1) is 12.2 Å². The summed E-state index contributed by atoms with van der Waals surface area (Å²) in [6, 6.07) is 25.3. The van der Waals surface area contributed by atoms with Gasteiger partial charge in [-0.3, -0.25) is 4.79 Å². The second kappa shape index (κ2) is 13.5. The molecule has 0 fully saturated rings. The molecule has 4 rings (SSSR count). The van der Waals surface area contributed by atoms with E-state index in [-0.39, 0.29) is 30.4 Å². The van der Waals surface area contributed by atoms with Crippen molar-refractivity contribution in [1.82, 2.24) is 14.4 Å². The summed E-state index contributed by atoms with van der Waals surface area (Å²) in [5.41, 5.74) is 2.78. The molecule has 0 aliphatic carbocycles. The summed E-state index contributed by atoms with van der Waals surface area (Å²) in [7, 11) is 0. The Kier molecular flexibility index (Phi) is 9.88.